The third kappa shape index (κ3) is 13.3. The van der Waals surface area contributed by atoms with Crippen LogP contribution >= 0.6 is 0 Å². The molecule has 0 spiro atoms. The molecule has 0 saturated heterocycles. The van der Waals surface area contributed by atoms with E-state index in [1.54, 1.807) is 6.07 Å². The molecule has 0 aliphatic carbocycles. The predicted molar refractivity (Wildman–Crippen MR) is 125 cm³/mol. The number of carbonyl (C=O) groups is 2. The summed E-state index contributed by atoms with van der Waals surface area (Å²) in [6, 6.07) is 4.42. The minimum atomic E-state index is -4.31. The summed E-state index contributed by atoms with van der Waals surface area (Å²) in [5.74, 6) is -2.08. The highest BCUT2D eigenvalue weighted by molar-refractivity contribution is 7.85. The maximum Gasteiger partial charge on any atom is 0.336 e. The molecule has 0 atom stereocenters. The zero-order valence-electron chi connectivity index (χ0n) is 19.0. The van der Waals surface area contributed by atoms with E-state index in [0.29, 0.717) is 18.7 Å². The lowest BCUT2D eigenvalue weighted by molar-refractivity contribution is -0.140. The molecule has 9 heteroatoms. The summed E-state index contributed by atoms with van der Waals surface area (Å²) >= 11 is 0. The van der Waals surface area contributed by atoms with Crippen molar-refractivity contribution in [2.75, 3.05) is 19.0 Å². The van der Waals surface area contributed by atoms with Crippen molar-refractivity contribution in [1.82, 2.24) is 0 Å². The quantitative estimate of drug-likeness (QED) is 0.154. The third-order valence-electron chi connectivity index (χ3n) is 5.29. The fraction of sp³-hybridized carbons (Fsp3) is 0.652. The summed E-state index contributed by atoms with van der Waals surface area (Å²) in [6.45, 7) is 0.712. The van der Waals surface area contributed by atoms with E-state index in [-0.39, 0.29) is 17.1 Å². The van der Waals surface area contributed by atoms with Crippen LogP contribution in [0.25, 0.3) is 0 Å². The number of rotatable bonds is 18. The monoisotopic (exact) mass is 471 g/mol. The first-order chi connectivity index (χ1) is 15.2. The first-order valence-electron chi connectivity index (χ1n) is 11.3. The molecule has 32 heavy (non-hydrogen) atoms. The Kier molecular flexibility index (Phi) is 13.6. The fourth-order valence-electron chi connectivity index (χ4n) is 3.55. The number of hydrogen-bond donors (Lipinski definition) is 3. The maximum absolute atomic E-state index is 11.2. The van der Waals surface area contributed by atoms with E-state index >= 15 is 0 Å². The smallest absolute Gasteiger partial charge is 0.336 e. The summed E-state index contributed by atoms with van der Waals surface area (Å²) in [6.07, 6.45) is 13.0. The number of unbranched alkanes of at least 4 members (excludes halogenated alkanes) is 10. The molecule has 0 saturated carbocycles. The number of carboxylic acids is 1. The summed E-state index contributed by atoms with van der Waals surface area (Å²) in [4.78, 5) is 22.2. The maximum atomic E-state index is 11.2. The first kappa shape index (κ1) is 27.9. The molecule has 0 aliphatic heterocycles. The number of aromatic carboxylic acids is 1. The standard InChI is InChI=1S/C23H37NO7S/c1-31-22(25)13-11-9-7-5-3-2-4-6-8-10-12-16-24-20-14-15-21(23(26)27)19(17-20)18-32(28,29)30/h14-15,17,24H,2-13,16,18H2,1H3,(H,26,27)(H,28,29,30). The van der Waals surface area contributed by atoms with Gasteiger partial charge in [0, 0.05) is 18.7 Å². The zero-order chi connectivity index (χ0) is 23.8. The number of methoxy groups -OCH3 is 1. The van der Waals surface area contributed by atoms with Crippen molar-refractivity contribution >= 4 is 27.7 Å². The van der Waals surface area contributed by atoms with E-state index in [9.17, 15) is 18.0 Å². The number of ether oxygens (including phenoxy) is 1. The van der Waals surface area contributed by atoms with E-state index in [2.05, 4.69) is 10.1 Å². The lowest BCUT2D eigenvalue weighted by atomic mass is 10.0. The molecule has 1 rings (SSSR count). The van der Waals surface area contributed by atoms with Gasteiger partial charge < -0.3 is 15.2 Å². The van der Waals surface area contributed by atoms with Crippen LogP contribution in [0.3, 0.4) is 0 Å². The Bertz CT molecular complexity index is 809. The lowest BCUT2D eigenvalue weighted by Gasteiger charge is -2.10. The molecule has 0 aliphatic rings. The van der Waals surface area contributed by atoms with Gasteiger partial charge in [0.1, 0.15) is 5.75 Å². The van der Waals surface area contributed by atoms with Gasteiger partial charge in [-0.1, -0.05) is 57.8 Å². The number of hydrogen-bond acceptors (Lipinski definition) is 6. The van der Waals surface area contributed by atoms with Crippen molar-refractivity contribution in [1.29, 1.82) is 0 Å². The van der Waals surface area contributed by atoms with Gasteiger partial charge in [-0.05, 0) is 36.6 Å². The van der Waals surface area contributed by atoms with Crippen LogP contribution in [-0.4, -0.2) is 43.7 Å². The molecule has 0 bridgehead atoms. The molecule has 0 radical (unpaired) electrons. The van der Waals surface area contributed by atoms with Gasteiger partial charge in [0.05, 0.1) is 12.7 Å². The van der Waals surface area contributed by atoms with Gasteiger partial charge in [0.15, 0.2) is 0 Å². The Morgan fingerprint density at radius 1 is 0.906 bits per heavy atom. The van der Waals surface area contributed by atoms with Gasteiger partial charge in [-0.25, -0.2) is 4.79 Å². The predicted octanol–water partition coefficient (Wildman–Crippen LogP) is 5.04. The van der Waals surface area contributed by atoms with Crippen LogP contribution in [0.4, 0.5) is 5.69 Å². The van der Waals surface area contributed by atoms with Gasteiger partial charge in [-0.15, -0.1) is 0 Å². The van der Waals surface area contributed by atoms with Crippen LogP contribution in [0.1, 0.15) is 93.0 Å². The van der Waals surface area contributed by atoms with Crippen LogP contribution in [-0.2, 0) is 25.4 Å². The van der Waals surface area contributed by atoms with E-state index < -0.39 is 21.8 Å². The van der Waals surface area contributed by atoms with Crippen LogP contribution in [0.5, 0.6) is 0 Å². The minimum absolute atomic E-state index is 0.0634. The van der Waals surface area contributed by atoms with Crippen molar-refractivity contribution in [2.45, 2.75) is 82.8 Å². The van der Waals surface area contributed by atoms with E-state index in [1.807, 2.05) is 0 Å². The molecule has 0 amide bonds. The van der Waals surface area contributed by atoms with Gasteiger partial charge in [0.25, 0.3) is 10.1 Å². The Hall–Kier alpha value is -2.13. The number of nitrogens with one attached hydrogen (secondary N) is 1. The van der Waals surface area contributed by atoms with Crippen molar-refractivity contribution in [3.63, 3.8) is 0 Å². The molecule has 0 aromatic heterocycles. The summed E-state index contributed by atoms with van der Waals surface area (Å²) in [5, 5.41) is 12.4. The van der Waals surface area contributed by atoms with Crippen LogP contribution in [0, 0.1) is 0 Å². The van der Waals surface area contributed by atoms with Gasteiger partial charge in [0.2, 0.25) is 0 Å². The molecule has 0 heterocycles. The van der Waals surface area contributed by atoms with Crippen LogP contribution in [0.2, 0.25) is 0 Å². The minimum Gasteiger partial charge on any atom is -0.478 e. The van der Waals surface area contributed by atoms with Crippen molar-refractivity contribution in [2.24, 2.45) is 0 Å². The third-order valence-corrected chi connectivity index (χ3v) is 5.96. The molecule has 3 N–H and O–H groups in total. The Morgan fingerprint density at radius 2 is 1.44 bits per heavy atom. The molecule has 8 nitrogen and oxygen atoms in total. The summed E-state index contributed by atoms with van der Waals surface area (Å²) < 4.78 is 35.9. The molecular formula is C23H37NO7S. The first-order valence-corrected chi connectivity index (χ1v) is 13.0. The normalized spacial score (nSPS) is 11.3. The molecule has 1 aromatic rings. The lowest BCUT2D eigenvalue weighted by Crippen LogP contribution is -2.10. The average Bonchev–Trinajstić information content (AvgIpc) is 2.72. The van der Waals surface area contributed by atoms with Crippen LogP contribution < -0.4 is 5.32 Å². The van der Waals surface area contributed by atoms with Crippen LogP contribution in [0.15, 0.2) is 18.2 Å². The highest BCUT2D eigenvalue weighted by Crippen LogP contribution is 2.19. The van der Waals surface area contributed by atoms with E-state index in [1.165, 1.54) is 57.8 Å². The Labute approximate surface area is 191 Å². The molecule has 0 unspecified atom stereocenters. The second kappa shape index (κ2) is 15.6. The summed E-state index contributed by atoms with van der Waals surface area (Å²) in [5.41, 5.74) is 0.572. The molecular weight excluding hydrogens is 434 g/mol. The topological polar surface area (TPSA) is 130 Å². The SMILES string of the molecule is COC(=O)CCCCCCCCCCCCCNc1ccc(C(=O)O)c(CS(=O)(=O)O)c1. The second-order valence-electron chi connectivity index (χ2n) is 8.05. The molecule has 1 aromatic carbocycles. The van der Waals surface area contributed by atoms with E-state index in [0.717, 1.165) is 32.1 Å². The number of anilines is 1. The molecule has 182 valence electrons. The van der Waals surface area contributed by atoms with Gasteiger partial charge >= 0.3 is 11.9 Å². The highest BCUT2D eigenvalue weighted by Gasteiger charge is 2.16. The number of benzene rings is 1. The van der Waals surface area contributed by atoms with Gasteiger partial charge in [-0.3, -0.25) is 9.35 Å². The Balaban J connectivity index is 2.10. The number of carboxylic acid groups (broad SMARTS) is 1. The van der Waals surface area contributed by atoms with Crippen molar-refractivity contribution in [3.05, 3.63) is 29.3 Å². The second-order valence-corrected chi connectivity index (χ2v) is 9.50. The Morgan fingerprint density at radius 3 is 1.94 bits per heavy atom. The largest absolute Gasteiger partial charge is 0.478 e. The highest BCUT2D eigenvalue weighted by atomic mass is 32.2. The fourth-order valence-corrected chi connectivity index (χ4v) is 4.18. The number of esters is 1. The summed E-state index contributed by atoms with van der Waals surface area (Å²) in [7, 11) is -2.89. The zero-order valence-corrected chi connectivity index (χ0v) is 19.8. The average molecular weight is 472 g/mol. The molecule has 0 fully saturated rings. The van der Waals surface area contributed by atoms with E-state index in [4.69, 9.17) is 9.66 Å². The van der Waals surface area contributed by atoms with Crippen molar-refractivity contribution in [3.8, 4) is 0 Å². The van der Waals surface area contributed by atoms with Crippen molar-refractivity contribution < 1.29 is 32.4 Å². The van der Waals surface area contributed by atoms with Gasteiger partial charge in [-0.2, -0.15) is 8.42 Å². The number of carbonyl (C=O) groups excluding carboxylic acids is 1.